The molecule has 0 atom stereocenters. The van der Waals surface area contributed by atoms with Gasteiger partial charge in [0.2, 0.25) is 0 Å². The minimum atomic E-state index is 0. The highest BCUT2D eigenvalue weighted by molar-refractivity contribution is 5.85. The average molecular weight is 170 g/mol. The van der Waals surface area contributed by atoms with E-state index in [-0.39, 0.29) is 12.4 Å². The van der Waals surface area contributed by atoms with Crippen LogP contribution in [0.25, 0.3) is 5.52 Å². The summed E-state index contributed by atoms with van der Waals surface area (Å²) in [5.74, 6) is 0. The van der Waals surface area contributed by atoms with E-state index < -0.39 is 0 Å². The van der Waals surface area contributed by atoms with Crippen LogP contribution in [-0.4, -0.2) is 9.38 Å². The van der Waals surface area contributed by atoms with Gasteiger partial charge in [0.05, 0.1) is 23.7 Å². The van der Waals surface area contributed by atoms with Gasteiger partial charge in [-0.3, -0.25) is 0 Å². The first-order chi connectivity index (χ1) is 4.88. The molecule has 0 radical (unpaired) electrons. The molecule has 4 heteroatoms. The van der Waals surface area contributed by atoms with Gasteiger partial charge in [-0.1, -0.05) is 0 Å². The summed E-state index contributed by atoms with van der Waals surface area (Å²) in [6.07, 6.45) is 5.39. The van der Waals surface area contributed by atoms with E-state index in [0.717, 1.165) is 11.2 Å². The molecular weight excluding hydrogens is 162 g/mol. The predicted octanol–water partition coefficient (Wildman–Crippen LogP) is 1.34. The molecule has 11 heavy (non-hydrogen) atoms. The van der Waals surface area contributed by atoms with Gasteiger partial charge in [-0.15, -0.1) is 12.4 Å². The van der Waals surface area contributed by atoms with Gasteiger partial charge in [-0.2, -0.15) is 0 Å². The Hall–Kier alpha value is -1.22. The number of halogens is 1. The Kier molecular flexibility index (Phi) is 2.01. The number of aromatic nitrogens is 2. The third-order valence-corrected chi connectivity index (χ3v) is 1.48. The molecular formula is C7H8ClN3. The Bertz CT molecular complexity index is 355. The van der Waals surface area contributed by atoms with E-state index in [9.17, 15) is 0 Å². The fourth-order valence-corrected chi connectivity index (χ4v) is 0.972. The van der Waals surface area contributed by atoms with Crippen LogP contribution in [0.4, 0.5) is 5.69 Å². The average Bonchev–Trinajstić information content (AvgIpc) is 2.36. The van der Waals surface area contributed by atoms with Crippen LogP contribution in [0.1, 0.15) is 0 Å². The van der Waals surface area contributed by atoms with E-state index in [2.05, 4.69) is 4.98 Å². The van der Waals surface area contributed by atoms with Gasteiger partial charge in [0, 0.05) is 6.20 Å². The normalized spacial score (nSPS) is 9.45. The molecule has 2 N–H and O–H groups in total. The second-order valence-electron chi connectivity index (χ2n) is 2.15. The fraction of sp³-hybridized carbons (Fsp3) is 0. The Morgan fingerprint density at radius 1 is 1.45 bits per heavy atom. The van der Waals surface area contributed by atoms with Crippen LogP contribution in [0, 0.1) is 0 Å². The van der Waals surface area contributed by atoms with Crippen LogP contribution in [0.2, 0.25) is 0 Å². The number of imidazole rings is 1. The van der Waals surface area contributed by atoms with Crippen LogP contribution in [0.3, 0.4) is 0 Å². The van der Waals surface area contributed by atoms with Crippen LogP contribution in [0.5, 0.6) is 0 Å². The second-order valence-corrected chi connectivity index (χ2v) is 2.15. The molecule has 2 rings (SSSR count). The third kappa shape index (κ3) is 1.14. The maximum Gasteiger partial charge on any atom is 0.0992 e. The molecule has 0 unspecified atom stereocenters. The molecule has 0 spiro atoms. The number of nitrogen functional groups attached to an aromatic ring is 1. The molecule has 2 aromatic rings. The molecule has 0 aliphatic rings. The van der Waals surface area contributed by atoms with Gasteiger partial charge in [-0.25, -0.2) is 4.98 Å². The van der Waals surface area contributed by atoms with Crippen molar-refractivity contribution in [1.82, 2.24) is 9.38 Å². The number of rotatable bonds is 0. The highest BCUT2D eigenvalue weighted by Gasteiger charge is 1.93. The summed E-state index contributed by atoms with van der Waals surface area (Å²) < 4.78 is 1.88. The van der Waals surface area contributed by atoms with Gasteiger partial charge in [0.1, 0.15) is 0 Å². The SMILES string of the molecule is Cl.Nc1cccn2cncc12. The molecule has 0 saturated heterocycles. The standard InChI is InChI=1S/C7H7N3.ClH/c8-6-2-1-3-10-5-9-4-7(6)10;/h1-5H,8H2;1H. The minimum absolute atomic E-state index is 0. The number of fused-ring (bicyclic) bond motifs is 1. The molecule has 0 saturated carbocycles. The number of nitrogens with two attached hydrogens (primary N) is 1. The lowest BCUT2D eigenvalue weighted by Crippen LogP contribution is -1.88. The van der Waals surface area contributed by atoms with Crippen LogP contribution < -0.4 is 5.73 Å². The molecule has 0 aromatic carbocycles. The van der Waals surface area contributed by atoms with E-state index >= 15 is 0 Å². The number of nitrogens with zero attached hydrogens (tertiary/aromatic N) is 2. The summed E-state index contributed by atoms with van der Waals surface area (Å²) >= 11 is 0. The van der Waals surface area contributed by atoms with Gasteiger partial charge in [0.25, 0.3) is 0 Å². The van der Waals surface area contributed by atoms with E-state index in [1.165, 1.54) is 0 Å². The molecule has 0 aliphatic heterocycles. The molecule has 3 nitrogen and oxygen atoms in total. The molecule has 2 aromatic heterocycles. The summed E-state index contributed by atoms with van der Waals surface area (Å²) in [4.78, 5) is 3.95. The monoisotopic (exact) mass is 169 g/mol. The molecule has 58 valence electrons. The topological polar surface area (TPSA) is 43.3 Å². The first-order valence-electron chi connectivity index (χ1n) is 3.04. The van der Waals surface area contributed by atoms with E-state index in [4.69, 9.17) is 5.73 Å². The Morgan fingerprint density at radius 3 is 3.00 bits per heavy atom. The minimum Gasteiger partial charge on any atom is -0.397 e. The quantitative estimate of drug-likeness (QED) is 0.647. The number of pyridine rings is 1. The highest BCUT2D eigenvalue weighted by atomic mass is 35.5. The summed E-state index contributed by atoms with van der Waals surface area (Å²) in [5, 5.41) is 0. The zero-order valence-electron chi connectivity index (χ0n) is 5.77. The number of hydrogen-bond donors (Lipinski definition) is 1. The lowest BCUT2D eigenvalue weighted by molar-refractivity contribution is 1.16. The van der Waals surface area contributed by atoms with Crippen LogP contribution >= 0.6 is 12.4 Å². The predicted molar refractivity (Wildman–Crippen MR) is 46.9 cm³/mol. The molecule has 0 aliphatic carbocycles. The van der Waals surface area contributed by atoms with E-state index in [0.29, 0.717) is 0 Å². The maximum absolute atomic E-state index is 5.64. The summed E-state index contributed by atoms with van der Waals surface area (Å²) in [5.41, 5.74) is 7.36. The van der Waals surface area contributed by atoms with Gasteiger partial charge >= 0.3 is 0 Å². The largest absolute Gasteiger partial charge is 0.397 e. The summed E-state index contributed by atoms with van der Waals surface area (Å²) in [6.45, 7) is 0. The Balaban J connectivity index is 0.000000605. The smallest absolute Gasteiger partial charge is 0.0992 e. The van der Waals surface area contributed by atoms with Crippen molar-refractivity contribution in [2.75, 3.05) is 5.73 Å². The molecule has 2 heterocycles. The number of hydrogen-bond acceptors (Lipinski definition) is 2. The zero-order valence-corrected chi connectivity index (χ0v) is 6.58. The fourth-order valence-electron chi connectivity index (χ4n) is 0.972. The van der Waals surface area contributed by atoms with Crippen molar-refractivity contribution in [1.29, 1.82) is 0 Å². The van der Waals surface area contributed by atoms with Gasteiger partial charge in [-0.05, 0) is 12.1 Å². The van der Waals surface area contributed by atoms with Crippen molar-refractivity contribution in [3.63, 3.8) is 0 Å². The van der Waals surface area contributed by atoms with Crippen molar-refractivity contribution in [2.24, 2.45) is 0 Å². The van der Waals surface area contributed by atoms with Crippen molar-refractivity contribution in [3.05, 3.63) is 30.9 Å². The Labute approximate surface area is 70.3 Å². The number of anilines is 1. The molecule has 0 bridgehead atoms. The van der Waals surface area contributed by atoms with Crippen molar-refractivity contribution >= 4 is 23.6 Å². The first kappa shape index (κ1) is 7.88. The highest BCUT2D eigenvalue weighted by Crippen LogP contribution is 2.10. The van der Waals surface area contributed by atoms with Crippen molar-refractivity contribution < 1.29 is 0 Å². The molecule has 0 fully saturated rings. The summed E-state index contributed by atoms with van der Waals surface area (Å²) in [6, 6.07) is 3.75. The van der Waals surface area contributed by atoms with E-state index in [1.807, 2.05) is 22.7 Å². The summed E-state index contributed by atoms with van der Waals surface area (Å²) in [7, 11) is 0. The zero-order chi connectivity index (χ0) is 6.97. The lowest BCUT2D eigenvalue weighted by Gasteiger charge is -1.94. The van der Waals surface area contributed by atoms with Gasteiger partial charge in [0.15, 0.2) is 0 Å². The maximum atomic E-state index is 5.64. The second kappa shape index (κ2) is 2.80. The van der Waals surface area contributed by atoms with Crippen LogP contribution in [0.15, 0.2) is 30.9 Å². The van der Waals surface area contributed by atoms with Crippen LogP contribution in [-0.2, 0) is 0 Å². The first-order valence-corrected chi connectivity index (χ1v) is 3.04. The lowest BCUT2D eigenvalue weighted by atomic mass is 10.4. The Morgan fingerprint density at radius 2 is 2.27 bits per heavy atom. The van der Waals surface area contributed by atoms with Crippen molar-refractivity contribution in [2.45, 2.75) is 0 Å². The van der Waals surface area contributed by atoms with Crippen molar-refractivity contribution in [3.8, 4) is 0 Å². The van der Waals surface area contributed by atoms with Gasteiger partial charge < -0.3 is 10.1 Å². The third-order valence-electron chi connectivity index (χ3n) is 1.48. The van der Waals surface area contributed by atoms with E-state index in [1.54, 1.807) is 12.5 Å². The molecule has 0 amide bonds.